The summed E-state index contributed by atoms with van der Waals surface area (Å²) in [7, 11) is 0. The van der Waals surface area contributed by atoms with Crippen molar-refractivity contribution in [3.63, 3.8) is 0 Å². The first-order chi connectivity index (χ1) is 10.3. The van der Waals surface area contributed by atoms with Crippen molar-refractivity contribution < 1.29 is 4.74 Å². The molecule has 1 aromatic heterocycles. The molecule has 2 heterocycles. The number of nitrogens with zero attached hydrogens (tertiary/aromatic N) is 4. The number of ether oxygens (including phenoxy) is 1. The summed E-state index contributed by atoms with van der Waals surface area (Å²) in [5, 5.41) is 12.3. The van der Waals surface area contributed by atoms with Crippen molar-refractivity contribution in [1.29, 1.82) is 0 Å². The molecule has 2 fully saturated rings. The second kappa shape index (κ2) is 5.06. The summed E-state index contributed by atoms with van der Waals surface area (Å²) in [6, 6.07) is 5.96. The Labute approximate surface area is 130 Å². The third-order valence-corrected chi connectivity index (χ3v) is 5.15. The van der Waals surface area contributed by atoms with E-state index < -0.39 is 0 Å². The number of aromatic nitrogens is 4. The van der Waals surface area contributed by atoms with Crippen LogP contribution in [0.5, 0.6) is 0 Å². The molecule has 1 aliphatic carbocycles. The SMILES string of the molecule is Nc1cccc(-c2nnnn2C2CCOC2C2CC2)c1Br. The lowest BCUT2D eigenvalue weighted by Gasteiger charge is -2.19. The maximum Gasteiger partial charge on any atom is 0.183 e. The fourth-order valence-electron chi connectivity index (χ4n) is 3.05. The van der Waals surface area contributed by atoms with Gasteiger partial charge in [0.25, 0.3) is 0 Å². The quantitative estimate of drug-likeness (QED) is 0.860. The number of hydrogen-bond donors (Lipinski definition) is 1. The highest BCUT2D eigenvalue weighted by atomic mass is 79.9. The molecule has 0 amide bonds. The van der Waals surface area contributed by atoms with Gasteiger partial charge in [-0.1, -0.05) is 6.07 Å². The molecule has 2 atom stereocenters. The first-order valence-electron chi connectivity index (χ1n) is 7.19. The van der Waals surface area contributed by atoms with Gasteiger partial charge in [-0.2, -0.15) is 0 Å². The second-order valence-corrected chi connectivity index (χ2v) is 6.48. The maximum absolute atomic E-state index is 5.97. The lowest BCUT2D eigenvalue weighted by atomic mass is 10.1. The van der Waals surface area contributed by atoms with Gasteiger partial charge in [0.15, 0.2) is 5.82 Å². The van der Waals surface area contributed by atoms with Crippen molar-refractivity contribution in [3.05, 3.63) is 22.7 Å². The fraction of sp³-hybridized carbons (Fsp3) is 0.500. The highest BCUT2D eigenvalue weighted by Gasteiger charge is 2.43. The van der Waals surface area contributed by atoms with Crippen LogP contribution in [0, 0.1) is 5.92 Å². The molecule has 0 spiro atoms. The van der Waals surface area contributed by atoms with E-state index in [2.05, 4.69) is 31.5 Å². The molecule has 2 N–H and O–H groups in total. The van der Waals surface area contributed by atoms with Gasteiger partial charge in [0, 0.05) is 17.9 Å². The molecular weight excluding hydrogens is 334 g/mol. The van der Waals surface area contributed by atoms with Gasteiger partial charge in [-0.05, 0) is 63.7 Å². The molecule has 1 saturated carbocycles. The predicted octanol–water partition coefficient (Wildman–Crippen LogP) is 2.42. The lowest BCUT2D eigenvalue weighted by Crippen LogP contribution is -2.24. The Hall–Kier alpha value is -1.47. The number of tetrazole rings is 1. The summed E-state index contributed by atoms with van der Waals surface area (Å²) < 4.78 is 8.65. The molecule has 2 aromatic rings. The molecule has 2 unspecified atom stereocenters. The van der Waals surface area contributed by atoms with E-state index in [1.54, 1.807) is 0 Å². The number of halogens is 1. The van der Waals surface area contributed by atoms with Gasteiger partial charge < -0.3 is 10.5 Å². The number of anilines is 1. The van der Waals surface area contributed by atoms with Gasteiger partial charge in [0.05, 0.1) is 16.6 Å². The molecule has 0 bridgehead atoms. The number of nitrogens with two attached hydrogens (primary N) is 1. The summed E-state index contributed by atoms with van der Waals surface area (Å²) in [6.45, 7) is 0.781. The van der Waals surface area contributed by atoms with Crippen LogP contribution in [0.4, 0.5) is 5.69 Å². The van der Waals surface area contributed by atoms with Crippen molar-refractivity contribution in [2.24, 2.45) is 5.92 Å². The Balaban J connectivity index is 1.75. The van der Waals surface area contributed by atoms with Gasteiger partial charge in [-0.15, -0.1) is 5.10 Å². The van der Waals surface area contributed by atoms with Crippen LogP contribution in [0.2, 0.25) is 0 Å². The fourth-order valence-corrected chi connectivity index (χ4v) is 3.50. The Morgan fingerprint density at radius 2 is 2.14 bits per heavy atom. The van der Waals surface area contributed by atoms with E-state index in [0.29, 0.717) is 11.6 Å². The van der Waals surface area contributed by atoms with Crippen LogP contribution in [0.3, 0.4) is 0 Å². The van der Waals surface area contributed by atoms with Crippen LogP contribution in [0.25, 0.3) is 11.4 Å². The molecular formula is C14H16BrN5O. The number of rotatable bonds is 3. The van der Waals surface area contributed by atoms with Crippen molar-refractivity contribution in [3.8, 4) is 11.4 Å². The van der Waals surface area contributed by atoms with Crippen molar-refractivity contribution in [2.75, 3.05) is 12.3 Å². The minimum atomic E-state index is 0.218. The van der Waals surface area contributed by atoms with E-state index >= 15 is 0 Å². The summed E-state index contributed by atoms with van der Waals surface area (Å²) in [5.41, 5.74) is 7.57. The first-order valence-corrected chi connectivity index (χ1v) is 7.99. The smallest absolute Gasteiger partial charge is 0.183 e. The minimum Gasteiger partial charge on any atom is -0.398 e. The molecule has 1 aliphatic heterocycles. The van der Waals surface area contributed by atoms with Crippen molar-refractivity contribution in [1.82, 2.24) is 20.2 Å². The third-order valence-electron chi connectivity index (χ3n) is 4.27. The van der Waals surface area contributed by atoms with E-state index in [0.717, 1.165) is 28.9 Å². The van der Waals surface area contributed by atoms with Gasteiger partial charge >= 0.3 is 0 Å². The van der Waals surface area contributed by atoms with E-state index in [1.165, 1.54) is 12.8 Å². The average molecular weight is 350 g/mol. The third kappa shape index (κ3) is 2.24. The molecule has 1 saturated heterocycles. The van der Waals surface area contributed by atoms with E-state index in [9.17, 15) is 0 Å². The molecule has 7 heteroatoms. The number of hydrogen-bond acceptors (Lipinski definition) is 5. The minimum absolute atomic E-state index is 0.218. The van der Waals surface area contributed by atoms with Crippen LogP contribution in [-0.4, -0.2) is 32.9 Å². The zero-order chi connectivity index (χ0) is 14.4. The van der Waals surface area contributed by atoms with E-state index in [1.807, 2.05) is 22.9 Å². The Kier molecular flexibility index (Phi) is 3.19. The summed E-state index contributed by atoms with van der Waals surface area (Å²) in [6.07, 6.45) is 3.70. The maximum atomic E-state index is 5.97. The first kappa shape index (κ1) is 13.2. The molecule has 1 aromatic carbocycles. The predicted molar refractivity (Wildman–Crippen MR) is 81.5 cm³/mol. The largest absolute Gasteiger partial charge is 0.398 e. The van der Waals surface area contributed by atoms with Crippen molar-refractivity contribution >= 4 is 21.6 Å². The average Bonchev–Trinajstić information content (AvgIpc) is 3.02. The van der Waals surface area contributed by atoms with Gasteiger partial charge in [-0.25, -0.2) is 4.68 Å². The van der Waals surface area contributed by atoms with Crippen LogP contribution in [0.15, 0.2) is 22.7 Å². The highest BCUT2D eigenvalue weighted by molar-refractivity contribution is 9.10. The van der Waals surface area contributed by atoms with Crippen LogP contribution in [0.1, 0.15) is 25.3 Å². The zero-order valence-corrected chi connectivity index (χ0v) is 13.0. The molecule has 4 rings (SSSR count). The molecule has 0 radical (unpaired) electrons. The lowest BCUT2D eigenvalue weighted by molar-refractivity contribution is 0.0725. The number of benzene rings is 1. The highest BCUT2D eigenvalue weighted by Crippen LogP contribution is 2.44. The van der Waals surface area contributed by atoms with Crippen LogP contribution < -0.4 is 5.73 Å². The Morgan fingerprint density at radius 3 is 2.95 bits per heavy atom. The van der Waals surface area contributed by atoms with Gasteiger partial charge in [0.2, 0.25) is 0 Å². The van der Waals surface area contributed by atoms with Crippen LogP contribution in [-0.2, 0) is 4.74 Å². The van der Waals surface area contributed by atoms with E-state index in [4.69, 9.17) is 10.5 Å². The van der Waals surface area contributed by atoms with E-state index in [-0.39, 0.29) is 12.1 Å². The molecule has 6 nitrogen and oxygen atoms in total. The Morgan fingerprint density at radius 1 is 1.29 bits per heavy atom. The zero-order valence-electron chi connectivity index (χ0n) is 11.4. The number of nitrogen functional groups attached to an aromatic ring is 1. The molecule has 110 valence electrons. The molecule has 2 aliphatic rings. The Bertz CT molecular complexity index is 669. The van der Waals surface area contributed by atoms with Crippen molar-refractivity contribution in [2.45, 2.75) is 31.4 Å². The van der Waals surface area contributed by atoms with Gasteiger partial charge in [0.1, 0.15) is 0 Å². The topological polar surface area (TPSA) is 78.9 Å². The second-order valence-electron chi connectivity index (χ2n) is 5.68. The summed E-state index contributed by atoms with van der Waals surface area (Å²) >= 11 is 3.54. The standard InChI is InChI=1S/C14H16BrN5O/c15-12-9(2-1-3-10(12)16)14-17-18-19-20(14)11-6-7-21-13(11)8-4-5-8/h1-3,8,11,13H,4-7,16H2. The summed E-state index contributed by atoms with van der Waals surface area (Å²) in [4.78, 5) is 0. The molecule has 21 heavy (non-hydrogen) atoms. The summed E-state index contributed by atoms with van der Waals surface area (Å²) in [5.74, 6) is 1.41. The van der Waals surface area contributed by atoms with Gasteiger partial charge in [-0.3, -0.25) is 0 Å². The normalized spacial score (nSPS) is 25.4. The van der Waals surface area contributed by atoms with Crippen LogP contribution >= 0.6 is 15.9 Å². The monoisotopic (exact) mass is 349 g/mol.